The minimum atomic E-state index is -0.164. The zero-order valence-electron chi connectivity index (χ0n) is 15.3. The lowest BCUT2D eigenvalue weighted by Gasteiger charge is -2.19. The number of amides is 1. The summed E-state index contributed by atoms with van der Waals surface area (Å²) in [4.78, 5) is 12.5. The number of ether oxygens (including phenoxy) is 1. The van der Waals surface area contributed by atoms with E-state index in [1.807, 2.05) is 42.5 Å². The molecule has 0 saturated carbocycles. The lowest BCUT2D eigenvalue weighted by atomic mass is 10.1. The van der Waals surface area contributed by atoms with Crippen molar-refractivity contribution in [3.05, 3.63) is 53.1 Å². The first kappa shape index (κ1) is 17.9. The summed E-state index contributed by atoms with van der Waals surface area (Å²) in [6.07, 6.45) is 0. The Balaban J connectivity index is 1.44. The Kier molecular flexibility index (Phi) is 4.08. The highest BCUT2D eigenvalue weighted by Crippen LogP contribution is 2.42. The van der Waals surface area contributed by atoms with Crippen LogP contribution in [0.3, 0.4) is 0 Å². The van der Waals surface area contributed by atoms with Gasteiger partial charge < -0.3 is 10.1 Å². The molecule has 0 atom stereocenters. The van der Waals surface area contributed by atoms with E-state index in [1.54, 1.807) is 27.8 Å². The van der Waals surface area contributed by atoms with Crippen molar-refractivity contribution in [2.24, 2.45) is 5.10 Å². The van der Waals surface area contributed by atoms with Gasteiger partial charge in [0.25, 0.3) is 5.91 Å². The van der Waals surface area contributed by atoms with Crippen LogP contribution >= 0.6 is 34.7 Å². The van der Waals surface area contributed by atoms with E-state index in [4.69, 9.17) is 21.4 Å². The first-order chi connectivity index (χ1) is 14.7. The molecule has 2 aromatic heterocycles. The summed E-state index contributed by atoms with van der Waals surface area (Å²) in [7, 11) is 0. The lowest BCUT2D eigenvalue weighted by Crippen LogP contribution is -2.25. The number of hydrogen-bond acceptors (Lipinski definition) is 7. The average molecular weight is 454 g/mol. The van der Waals surface area contributed by atoms with Crippen molar-refractivity contribution in [1.82, 2.24) is 14.9 Å². The van der Waals surface area contributed by atoms with E-state index in [2.05, 4.69) is 15.5 Å². The first-order valence-corrected chi connectivity index (χ1v) is 11.3. The second kappa shape index (κ2) is 6.83. The van der Waals surface area contributed by atoms with E-state index in [0.29, 0.717) is 28.0 Å². The molecule has 7 nitrogen and oxygen atoms in total. The standard InChI is InChI=1S/C20H12ClN5O2S2/c21-17-11-3-1-2-4-15(11)30-18(17)19-23-24-20-26(19)25-13(9-29-20)10-5-6-14-12(7-10)22-16(27)8-28-14/h1-7H,8-9H2,(H,22,27). The van der Waals surface area contributed by atoms with Crippen LogP contribution < -0.4 is 10.1 Å². The number of fused-ring (bicyclic) bond motifs is 3. The molecule has 4 aromatic rings. The number of nitrogens with zero attached hydrogens (tertiary/aromatic N) is 4. The molecule has 0 spiro atoms. The van der Waals surface area contributed by atoms with E-state index < -0.39 is 0 Å². The predicted molar refractivity (Wildman–Crippen MR) is 119 cm³/mol. The number of carbonyl (C=O) groups is 1. The molecule has 0 aliphatic carbocycles. The fourth-order valence-corrected chi connectivity index (χ4v) is 5.76. The number of hydrogen-bond donors (Lipinski definition) is 1. The number of benzene rings is 2. The van der Waals surface area contributed by atoms with Gasteiger partial charge >= 0.3 is 0 Å². The maximum Gasteiger partial charge on any atom is 0.262 e. The molecule has 0 fully saturated rings. The molecule has 2 aliphatic rings. The van der Waals surface area contributed by atoms with Gasteiger partial charge in [0.15, 0.2) is 12.4 Å². The van der Waals surface area contributed by atoms with Gasteiger partial charge in [0.05, 0.1) is 21.3 Å². The van der Waals surface area contributed by atoms with E-state index in [9.17, 15) is 4.79 Å². The van der Waals surface area contributed by atoms with Crippen LogP contribution in [0.2, 0.25) is 5.02 Å². The van der Waals surface area contributed by atoms with Crippen molar-refractivity contribution in [2.75, 3.05) is 17.7 Å². The van der Waals surface area contributed by atoms with Crippen molar-refractivity contribution in [1.29, 1.82) is 0 Å². The molecule has 0 saturated heterocycles. The van der Waals surface area contributed by atoms with Crippen LogP contribution in [0.15, 0.2) is 52.7 Å². The lowest BCUT2D eigenvalue weighted by molar-refractivity contribution is -0.118. The van der Waals surface area contributed by atoms with Gasteiger partial charge in [0, 0.05) is 21.4 Å². The van der Waals surface area contributed by atoms with E-state index in [0.717, 1.165) is 31.4 Å². The van der Waals surface area contributed by atoms with Crippen molar-refractivity contribution in [3.63, 3.8) is 0 Å². The number of nitrogens with one attached hydrogen (secondary N) is 1. The van der Waals surface area contributed by atoms with E-state index in [1.165, 1.54) is 0 Å². The third kappa shape index (κ3) is 2.81. The van der Waals surface area contributed by atoms with Gasteiger partial charge in [-0.15, -0.1) is 21.5 Å². The fourth-order valence-electron chi connectivity index (χ4n) is 3.43. The van der Waals surface area contributed by atoms with Crippen LogP contribution in [-0.4, -0.2) is 38.9 Å². The smallest absolute Gasteiger partial charge is 0.262 e. The molecule has 6 rings (SSSR count). The van der Waals surface area contributed by atoms with Crippen LogP contribution in [0, 0.1) is 0 Å². The number of halogens is 1. The van der Waals surface area contributed by atoms with Crippen molar-refractivity contribution >= 4 is 62.1 Å². The maximum absolute atomic E-state index is 11.6. The molecule has 0 radical (unpaired) electrons. The van der Waals surface area contributed by atoms with Gasteiger partial charge in [0.2, 0.25) is 5.16 Å². The summed E-state index contributed by atoms with van der Waals surface area (Å²) in [6.45, 7) is 0.0342. The summed E-state index contributed by atoms with van der Waals surface area (Å²) in [5, 5.41) is 18.7. The Morgan fingerprint density at radius 3 is 2.97 bits per heavy atom. The number of rotatable bonds is 2. The Hall–Kier alpha value is -2.88. The molecule has 1 N–H and O–H groups in total. The molecule has 2 aliphatic heterocycles. The number of anilines is 1. The van der Waals surface area contributed by atoms with Gasteiger partial charge in [-0.25, -0.2) is 0 Å². The predicted octanol–water partition coefficient (Wildman–Crippen LogP) is 4.50. The SMILES string of the molecule is O=C1COc2ccc(C3=Nn4c(nnc4-c4sc5ccccc5c4Cl)SC3)cc2N1. The molecule has 4 heterocycles. The highest BCUT2D eigenvalue weighted by atomic mass is 35.5. The fraction of sp³-hybridized carbons (Fsp3) is 0.100. The number of thioether (sulfide) groups is 1. The Morgan fingerprint density at radius 1 is 1.17 bits per heavy atom. The molecule has 30 heavy (non-hydrogen) atoms. The van der Waals surface area contributed by atoms with Crippen molar-refractivity contribution < 1.29 is 9.53 Å². The van der Waals surface area contributed by atoms with Gasteiger partial charge in [-0.2, -0.15) is 9.78 Å². The third-order valence-electron chi connectivity index (χ3n) is 4.85. The zero-order valence-corrected chi connectivity index (χ0v) is 17.6. The molecule has 0 unspecified atom stereocenters. The molecule has 0 bridgehead atoms. The average Bonchev–Trinajstić information content (AvgIpc) is 3.33. The first-order valence-electron chi connectivity index (χ1n) is 9.08. The summed E-state index contributed by atoms with van der Waals surface area (Å²) in [5.41, 5.74) is 2.41. The van der Waals surface area contributed by atoms with E-state index >= 15 is 0 Å². The second-order valence-corrected chi connectivity index (χ2v) is 9.12. The molecule has 148 valence electrons. The van der Waals surface area contributed by atoms with Crippen molar-refractivity contribution in [2.45, 2.75) is 5.16 Å². The summed E-state index contributed by atoms with van der Waals surface area (Å²) < 4.78 is 8.28. The zero-order chi connectivity index (χ0) is 20.2. The number of thiophene rings is 1. The monoisotopic (exact) mass is 453 g/mol. The topological polar surface area (TPSA) is 81.4 Å². The highest BCUT2D eigenvalue weighted by molar-refractivity contribution is 7.99. The van der Waals surface area contributed by atoms with E-state index in [-0.39, 0.29) is 12.5 Å². The van der Waals surface area contributed by atoms with Gasteiger partial charge in [-0.05, 0) is 24.3 Å². The Bertz CT molecular complexity index is 1380. The number of aromatic nitrogens is 3. The normalized spacial score (nSPS) is 15.2. The quantitative estimate of drug-likeness (QED) is 0.483. The van der Waals surface area contributed by atoms with Gasteiger partial charge in [-0.1, -0.05) is 41.6 Å². The Labute approximate surface area is 183 Å². The van der Waals surface area contributed by atoms with Gasteiger partial charge in [0.1, 0.15) is 5.75 Å². The number of carbonyl (C=O) groups excluding carboxylic acids is 1. The largest absolute Gasteiger partial charge is 0.482 e. The molecule has 2 aromatic carbocycles. The van der Waals surface area contributed by atoms with Crippen LogP contribution in [0.25, 0.3) is 20.8 Å². The molecular formula is C20H12ClN5O2S2. The molecule has 10 heteroatoms. The van der Waals surface area contributed by atoms with Crippen LogP contribution in [0.4, 0.5) is 5.69 Å². The third-order valence-corrected chi connectivity index (χ3v) is 7.46. The minimum absolute atomic E-state index is 0.0342. The highest BCUT2D eigenvalue weighted by Gasteiger charge is 2.25. The van der Waals surface area contributed by atoms with Gasteiger partial charge in [-0.3, -0.25) is 4.79 Å². The summed E-state index contributed by atoms with van der Waals surface area (Å²) in [5.74, 6) is 1.76. The summed E-state index contributed by atoms with van der Waals surface area (Å²) >= 11 is 9.79. The van der Waals surface area contributed by atoms with Crippen LogP contribution in [0.1, 0.15) is 5.56 Å². The molecule has 1 amide bonds. The second-order valence-electron chi connectivity index (χ2n) is 6.74. The molecular weight excluding hydrogens is 442 g/mol. The van der Waals surface area contributed by atoms with Crippen LogP contribution in [0.5, 0.6) is 5.75 Å². The van der Waals surface area contributed by atoms with Crippen molar-refractivity contribution in [3.8, 4) is 16.5 Å². The minimum Gasteiger partial charge on any atom is -0.482 e. The Morgan fingerprint density at radius 2 is 2.07 bits per heavy atom. The van der Waals surface area contributed by atoms with Crippen LogP contribution in [-0.2, 0) is 4.79 Å². The maximum atomic E-state index is 11.6. The summed E-state index contributed by atoms with van der Waals surface area (Å²) in [6, 6.07) is 13.7.